The highest BCUT2D eigenvalue weighted by Gasteiger charge is 2.47. The van der Waals surface area contributed by atoms with Crippen molar-refractivity contribution in [1.82, 2.24) is 10.2 Å². The number of halogens is 1. The van der Waals surface area contributed by atoms with E-state index >= 15 is 0 Å². The van der Waals surface area contributed by atoms with Crippen LogP contribution >= 0.6 is 0 Å². The van der Waals surface area contributed by atoms with E-state index in [1.54, 1.807) is 64.2 Å². The van der Waals surface area contributed by atoms with Crippen molar-refractivity contribution in [3.8, 4) is 0 Å². The van der Waals surface area contributed by atoms with Crippen LogP contribution in [-0.4, -0.2) is 93.2 Å². The lowest BCUT2D eigenvalue weighted by atomic mass is 9.75. The number of methoxy groups -OCH3 is 2. The lowest BCUT2D eigenvalue weighted by molar-refractivity contribution is -0.142. The van der Waals surface area contributed by atoms with E-state index in [0.717, 1.165) is 38.5 Å². The van der Waals surface area contributed by atoms with Crippen LogP contribution in [0.4, 0.5) is 14.9 Å². The average molecular weight is 744 g/mol. The zero-order chi connectivity index (χ0) is 38.1. The lowest BCUT2D eigenvalue weighted by Gasteiger charge is -2.38. The number of hydrogen-bond acceptors (Lipinski definition) is 9. The van der Waals surface area contributed by atoms with Crippen molar-refractivity contribution >= 4 is 40.5 Å². The number of fused-ring (bicyclic) bond motifs is 1. The molecule has 0 radical (unpaired) electrons. The second-order valence-electron chi connectivity index (χ2n) is 15.9. The molecule has 2 N–H and O–H groups in total. The van der Waals surface area contributed by atoms with Crippen LogP contribution in [0.5, 0.6) is 0 Å². The van der Waals surface area contributed by atoms with Gasteiger partial charge < -0.3 is 38.9 Å². The third kappa shape index (κ3) is 10.7. The molecule has 1 unspecified atom stereocenters. The van der Waals surface area contributed by atoms with E-state index in [1.807, 2.05) is 0 Å². The lowest BCUT2D eigenvalue weighted by Crippen LogP contribution is -2.50. The van der Waals surface area contributed by atoms with E-state index < -0.39 is 36.4 Å². The second kappa shape index (κ2) is 18.6. The highest BCUT2D eigenvalue weighted by Crippen LogP contribution is 2.42. The number of alkyl halides is 1. The maximum Gasteiger partial charge on any atom is 0.407 e. The fraction of sp³-hybridized carbons (Fsp3) is 0.700. The standard InChI is InChI=1S/C40H58FN3O9/c1-40(2,3)53-39(48)43-32(24-41)26-8-10-27(11-9-26)37(46)44-19-18-31(25-12-15-30(50-5)16-13-25)35(44)36(45)42-29-14-17-33-28(22-29)23-34(52-33)38(47)51-21-7-6-20-49-4/h14,17,22-23,25-27,30-32,35H,6-13,15-16,18-21,24H2,1-5H3,(H,42,45)(H,43,48)/t25?,26?,27?,30?,31-,32?,35-/m0/s1. The number of amides is 3. The summed E-state index contributed by atoms with van der Waals surface area (Å²) in [5.41, 5.74) is 0.343. The molecule has 0 bridgehead atoms. The molecule has 1 aromatic carbocycles. The number of ether oxygens (including phenoxy) is 4. The van der Waals surface area contributed by atoms with Gasteiger partial charge in [0.15, 0.2) is 0 Å². The summed E-state index contributed by atoms with van der Waals surface area (Å²) in [4.78, 5) is 55.3. The van der Waals surface area contributed by atoms with Crippen LogP contribution in [-0.2, 0) is 28.5 Å². The van der Waals surface area contributed by atoms with Crippen LogP contribution in [0, 0.1) is 23.7 Å². The molecule has 2 aromatic rings. The number of nitrogens with one attached hydrogen (secondary N) is 2. The Labute approximate surface area is 312 Å². The number of alkyl carbamates (subject to hydrolysis) is 1. The zero-order valence-electron chi connectivity index (χ0n) is 32.0. The SMILES string of the molecule is COCCCCOC(=O)c1cc2cc(NC(=O)[C@@H]3[C@H](C4CCC(OC)CC4)CCN3C(=O)C3CCC(C(CF)NC(=O)OC(C)(C)C)CC3)ccc2o1. The molecular weight excluding hydrogens is 685 g/mol. The van der Waals surface area contributed by atoms with E-state index in [0.29, 0.717) is 61.9 Å². The molecule has 5 rings (SSSR count). The normalized spacial score (nSPS) is 25.5. The molecule has 3 amide bonds. The molecule has 1 aromatic heterocycles. The molecule has 2 saturated carbocycles. The first-order valence-electron chi connectivity index (χ1n) is 19.3. The van der Waals surface area contributed by atoms with E-state index in [-0.39, 0.29) is 54.0 Å². The highest BCUT2D eigenvalue weighted by atomic mass is 19.1. The van der Waals surface area contributed by atoms with Gasteiger partial charge in [-0.2, -0.15) is 0 Å². The van der Waals surface area contributed by atoms with Gasteiger partial charge in [-0.25, -0.2) is 14.0 Å². The fourth-order valence-electron chi connectivity index (χ4n) is 8.41. The largest absolute Gasteiger partial charge is 0.460 e. The van der Waals surface area contributed by atoms with Crippen molar-refractivity contribution in [2.45, 2.75) is 115 Å². The predicted octanol–water partition coefficient (Wildman–Crippen LogP) is 7.05. The minimum atomic E-state index is -0.713. The van der Waals surface area contributed by atoms with Crippen LogP contribution in [0.1, 0.15) is 102 Å². The van der Waals surface area contributed by atoms with Crippen LogP contribution in [0.25, 0.3) is 11.0 Å². The summed E-state index contributed by atoms with van der Waals surface area (Å²) in [6.45, 7) is 5.92. The molecular formula is C40H58FN3O9. The van der Waals surface area contributed by atoms with Gasteiger partial charge in [-0.15, -0.1) is 0 Å². The Morgan fingerprint density at radius 3 is 2.32 bits per heavy atom. The first kappa shape index (κ1) is 40.5. The van der Waals surface area contributed by atoms with Gasteiger partial charge in [-0.1, -0.05) is 0 Å². The van der Waals surface area contributed by atoms with Gasteiger partial charge in [0.05, 0.1) is 18.8 Å². The Morgan fingerprint density at radius 1 is 0.943 bits per heavy atom. The van der Waals surface area contributed by atoms with E-state index in [4.69, 9.17) is 23.4 Å². The number of furan rings is 1. The van der Waals surface area contributed by atoms with Crippen molar-refractivity contribution in [3.05, 3.63) is 30.0 Å². The number of unbranched alkanes of at least 4 members (excludes halogenated alkanes) is 1. The van der Waals surface area contributed by atoms with Gasteiger partial charge in [0, 0.05) is 44.4 Å². The third-order valence-electron chi connectivity index (χ3n) is 11.2. The number of hydrogen-bond donors (Lipinski definition) is 2. The minimum Gasteiger partial charge on any atom is -0.460 e. The van der Waals surface area contributed by atoms with Crippen molar-refractivity contribution in [3.63, 3.8) is 0 Å². The van der Waals surface area contributed by atoms with Crippen molar-refractivity contribution in [1.29, 1.82) is 0 Å². The van der Waals surface area contributed by atoms with E-state index in [9.17, 15) is 23.6 Å². The number of benzene rings is 1. The number of carbonyl (C=O) groups excluding carboxylic acids is 4. The number of esters is 1. The maximum atomic E-state index is 14.3. The summed E-state index contributed by atoms with van der Waals surface area (Å²) in [7, 11) is 3.37. The van der Waals surface area contributed by atoms with Crippen LogP contribution in [0.2, 0.25) is 0 Å². The third-order valence-corrected chi connectivity index (χ3v) is 11.2. The highest BCUT2D eigenvalue weighted by molar-refractivity contribution is 6.00. The summed E-state index contributed by atoms with van der Waals surface area (Å²) in [5.74, 6) is -0.845. The van der Waals surface area contributed by atoms with Crippen LogP contribution in [0.15, 0.2) is 28.7 Å². The molecule has 2 heterocycles. The van der Waals surface area contributed by atoms with Gasteiger partial charge in [0.25, 0.3) is 0 Å². The average Bonchev–Trinajstić information content (AvgIpc) is 3.78. The van der Waals surface area contributed by atoms with Gasteiger partial charge >= 0.3 is 12.1 Å². The first-order valence-corrected chi connectivity index (χ1v) is 19.3. The zero-order valence-corrected chi connectivity index (χ0v) is 32.0. The molecule has 12 nitrogen and oxygen atoms in total. The van der Waals surface area contributed by atoms with Crippen molar-refractivity contribution in [2.24, 2.45) is 23.7 Å². The minimum absolute atomic E-state index is 0.00459. The summed E-state index contributed by atoms with van der Waals surface area (Å²) >= 11 is 0. The fourth-order valence-corrected chi connectivity index (χ4v) is 8.41. The van der Waals surface area contributed by atoms with Gasteiger partial charge in [-0.05, 0) is 133 Å². The van der Waals surface area contributed by atoms with E-state index in [1.165, 1.54) is 0 Å². The molecule has 294 valence electrons. The molecule has 0 spiro atoms. The molecule has 1 saturated heterocycles. The second-order valence-corrected chi connectivity index (χ2v) is 15.9. The Morgan fingerprint density at radius 2 is 1.66 bits per heavy atom. The Kier molecular flexibility index (Phi) is 14.2. The molecule has 53 heavy (non-hydrogen) atoms. The smallest absolute Gasteiger partial charge is 0.407 e. The number of rotatable bonds is 14. The summed E-state index contributed by atoms with van der Waals surface area (Å²) < 4.78 is 41.2. The molecule has 2 aliphatic carbocycles. The molecule has 3 fully saturated rings. The molecule has 13 heteroatoms. The first-order chi connectivity index (χ1) is 25.4. The monoisotopic (exact) mass is 743 g/mol. The summed E-state index contributed by atoms with van der Waals surface area (Å²) in [6.07, 6.45) is 7.76. The van der Waals surface area contributed by atoms with Gasteiger partial charge in [0.1, 0.15) is 23.9 Å². The molecule has 3 aliphatic rings. The van der Waals surface area contributed by atoms with Crippen LogP contribution < -0.4 is 10.6 Å². The van der Waals surface area contributed by atoms with E-state index in [2.05, 4.69) is 10.6 Å². The van der Waals surface area contributed by atoms with Gasteiger partial charge in [-0.3, -0.25) is 9.59 Å². The van der Waals surface area contributed by atoms with Gasteiger partial charge in [0.2, 0.25) is 17.6 Å². The summed E-state index contributed by atoms with van der Waals surface area (Å²) in [5, 5.41) is 6.43. The number of likely N-dealkylation sites (tertiary alicyclic amines) is 1. The quantitative estimate of drug-likeness (QED) is 0.154. The van der Waals surface area contributed by atoms with Crippen LogP contribution in [0.3, 0.4) is 0 Å². The maximum absolute atomic E-state index is 14.3. The number of anilines is 1. The Balaban J connectivity index is 1.26. The predicted molar refractivity (Wildman–Crippen MR) is 197 cm³/mol. The summed E-state index contributed by atoms with van der Waals surface area (Å²) in [6, 6.07) is 5.50. The van der Waals surface area contributed by atoms with Crippen molar-refractivity contribution in [2.75, 3.05) is 46.0 Å². The molecule has 3 atom stereocenters. The number of nitrogens with zero attached hydrogens (tertiary/aromatic N) is 1. The topological polar surface area (TPSA) is 146 Å². The molecule has 1 aliphatic heterocycles. The Hall–Kier alpha value is -3.71. The Bertz CT molecular complexity index is 1540. The van der Waals surface area contributed by atoms with Crippen molar-refractivity contribution < 1.29 is 46.9 Å². The number of carbonyl (C=O) groups is 4.